The molecule has 0 heterocycles. The van der Waals surface area contributed by atoms with Gasteiger partial charge in [0.15, 0.2) is 0 Å². The Hall–Kier alpha value is -1.27. The highest BCUT2D eigenvalue weighted by Crippen LogP contribution is 2.19. The highest BCUT2D eigenvalue weighted by molar-refractivity contribution is 6.18. The Kier molecular flexibility index (Phi) is 5.67. The normalized spacial score (nSPS) is 12.3. The summed E-state index contributed by atoms with van der Waals surface area (Å²) in [6, 6.07) is 17.6. The van der Waals surface area contributed by atoms with Crippen molar-refractivity contribution in [3.05, 3.63) is 70.8 Å². The summed E-state index contributed by atoms with van der Waals surface area (Å²) in [5.74, 6) is 1.22. The number of benzene rings is 2. The number of alkyl halides is 1. The third-order valence-corrected chi connectivity index (χ3v) is 4.38. The van der Waals surface area contributed by atoms with Crippen LogP contribution in [0.3, 0.4) is 0 Å². The van der Waals surface area contributed by atoms with E-state index in [1.807, 2.05) is 0 Å². The van der Waals surface area contributed by atoms with Crippen molar-refractivity contribution in [1.82, 2.24) is 0 Å². The molecule has 2 rings (SSSR count). The molecule has 0 bridgehead atoms. The van der Waals surface area contributed by atoms with Crippen molar-refractivity contribution in [1.29, 1.82) is 0 Å². The van der Waals surface area contributed by atoms with E-state index >= 15 is 0 Å². The molecule has 0 fully saturated rings. The van der Waals surface area contributed by atoms with Crippen LogP contribution in [0, 0.1) is 12.8 Å². The third-order valence-electron chi connectivity index (χ3n) is 3.94. The van der Waals surface area contributed by atoms with Crippen LogP contribution in [-0.4, -0.2) is 5.88 Å². The van der Waals surface area contributed by atoms with Gasteiger partial charge in [0.05, 0.1) is 0 Å². The molecule has 0 aliphatic rings. The Bertz CT molecular complexity index is 528. The van der Waals surface area contributed by atoms with Gasteiger partial charge >= 0.3 is 0 Å². The minimum Gasteiger partial charge on any atom is -0.126 e. The van der Waals surface area contributed by atoms with E-state index in [1.54, 1.807) is 0 Å². The number of aryl methyl sites for hydroxylation is 2. The second kappa shape index (κ2) is 7.50. The third kappa shape index (κ3) is 4.11. The monoisotopic (exact) mass is 286 g/mol. The van der Waals surface area contributed by atoms with Crippen LogP contribution < -0.4 is 0 Å². The number of hydrogen-bond donors (Lipinski definition) is 0. The lowest BCUT2D eigenvalue weighted by Crippen LogP contribution is -2.11. The Morgan fingerprint density at radius 2 is 1.55 bits per heavy atom. The van der Waals surface area contributed by atoms with Gasteiger partial charge in [-0.25, -0.2) is 0 Å². The zero-order valence-corrected chi connectivity index (χ0v) is 13.2. The molecule has 106 valence electrons. The smallest absolute Gasteiger partial charge is 0.0258 e. The molecular formula is C19H23Cl. The lowest BCUT2D eigenvalue weighted by atomic mass is 9.92. The lowest BCUT2D eigenvalue weighted by molar-refractivity contribution is 0.582. The molecule has 0 saturated carbocycles. The van der Waals surface area contributed by atoms with Crippen LogP contribution in [-0.2, 0) is 19.3 Å². The predicted octanol–water partition coefficient (Wildman–Crippen LogP) is 5.20. The molecule has 0 amide bonds. The van der Waals surface area contributed by atoms with Gasteiger partial charge in [-0.2, -0.15) is 0 Å². The van der Waals surface area contributed by atoms with Crippen molar-refractivity contribution in [2.75, 3.05) is 5.88 Å². The summed E-state index contributed by atoms with van der Waals surface area (Å²) < 4.78 is 0. The van der Waals surface area contributed by atoms with Crippen molar-refractivity contribution < 1.29 is 0 Å². The van der Waals surface area contributed by atoms with E-state index in [2.05, 4.69) is 62.4 Å². The molecule has 0 aromatic heterocycles. The van der Waals surface area contributed by atoms with Gasteiger partial charge < -0.3 is 0 Å². The van der Waals surface area contributed by atoms with Crippen molar-refractivity contribution in [3.63, 3.8) is 0 Å². The van der Waals surface area contributed by atoms with Gasteiger partial charge in [0.25, 0.3) is 0 Å². The zero-order valence-electron chi connectivity index (χ0n) is 12.4. The molecule has 2 aromatic carbocycles. The molecule has 0 aliphatic carbocycles. The predicted molar refractivity (Wildman–Crippen MR) is 88.6 cm³/mol. The van der Waals surface area contributed by atoms with Gasteiger partial charge in [-0.1, -0.05) is 55.5 Å². The van der Waals surface area contributed by atoms with E-state index in [1.165, 1.54) is 22.3 Å². The molecule has 0 radical (unpaired) electrons. The lowest BCUT2D eigenvalue weighted by Gasteiger charge is -2.16. The largest absolute Gasteiger partial charge is 0.126 e. The average Bonchev–Trinajstić information content (AvgIpc) is 2.49. The molecule has 0 saturated heterocycles. The van der Waals surface area contributed by atoms with E-state index in [0.717, 1.165) is 19.3 Å². The average molecular weight is 287 g/mol. The van der Waals surface area contributed by atoms with Crippen LogP contribution >= 0.6 is 11.6 Å². The second-order valence-corrected chi connectivity index (χ2v) is 5.83. The fourth-order valence-corrected chi connectivity index (χ4v) is 2.79. The van der Waals surface area contributed by atoms with Gasteiger partial charge in [0, 0.05) is 5.88 Å². The molecule has 1 unspecified atom stereocenters. The minimum atomic E-state index is 0.505. The maximum absolute atomic E-state index is 6.18. The van der Waals surface area contributed by atoms with Crippen molar-refractivity contribution >= 4 is 11.6 Å². The molecule has 0 spiro atoms. The Morgan fingerprint density at radius 1 is 0.900 bits per heavy atom. The van der Waals surface area contributed by atoms with Gasteiger partial charge in [-0.05, 0) is 54.4 Å². The number of halogens is 1. The van der Waals surface area contributed by atoms with Crippen LogP contribution in [0.25, 0.3) is 0 Å². The van der Waals surface area contributed by atoms with Crippen LogP contribution in [0.4, 0.5) is 0 Å². The summed E-state index contributed by atoms with van der Waals surface area (Å²) in [7, 11) is 0. The van der Waals surface area contributed by atoms with E-state index in [-0.39, 0.29) is 0 Å². The first-order valence-electron chi connectivity index (χ1n) is 7.41. The summed E-state index contributed by atoms with van der Waals surface area (Å²) in [4.78, 5) is 0. The van der Waals surface area contributed by atoms with Crippen LogP contribution in [0.5, 0.6) is 0 Å². The quantitative estimate of drug-likeness (QED) is 0.641. The first kappa shape index (κ1) is 15.1. The highest BCUT2D eigenvalue weighted by Gasteiger charge is 2.11. The fourth-order valence-electron chi connectivity index (χ4n) is 2.58. The number of hydrogen-bond acceptors (Lipinski definition) is 0. The molecule has 20 heavy (non-hydrogen) atoms. The standard InChI is InChI=1S/C19H23Cl/c1-3-16-8-10-17(11-9-16)12-18(14-20)13-19-7-5-4-6-15(19)2/h4-11,18H,3,12-14H2,1-2H3. The molecular weight excluding hydrogens is 264 g/mol. The van der Waals surface area contributed by atoms with Crippen LogP contribution in [0.15, 0.2) is 48.5 Å². The Labute approximate surface area is 127 Å². The zero-order chi connectivity index (χ0) is 14.4. The summed E-state index contributed by atoms with van der Waals surface area (Å²) in [6.45, 7) is 4.37. The maximum Gasteiger partial charge on any atom is 0.0258 e. The SMILES string of the molecule is CCc1ccc(CC(CCl)Cc2ccccc2C)cc1. The van der Waals surface area contributed by atoms with Crippen molar-refractivity contribution in [3.8, 4) is 0 Å². The molecule has 1 atom stereocenters. The topological polar surface area (TPSA) is 0 Å². The molecule has 1 heteroatoms. The van der Waals surface area contributed by atoms with Crippen molar-refractivity contribution in [2.45, 2.75) is 33.1 Å². The van der Waals surface area contributed by atoms with Gasteiger partial charge in [0.2, 0.25) is 0 Å². The maximum atomic E-state index is 6.18. The van der Waals surface area contributed by atoms with E-state index in [4.69, 9.17) is 11.6 Å². The minimum absolute atomic E-state index is 0.505. The molecule has 0 N–H and O–H groups in total. The number of rotatable bonds is 6. The van der Waals surface area contributed by atoms with E-state index in [0.29, 0.717) is 11.8 Å². The Balaban J connectivity index is 2.03. The summed E-state index contributed by atoms with van der Waals surface area (Å²) in [6.07, 6.45) is 3.22. The van der Waals surface area contributed by atoms with Gasteiger partial charge in [-0.15, -0.1) is 11.6 Å². The molecule has 2 aromatic rings. The van der Waals surface area contributed by atoms with Crippen LogP contribution in [0.1, 0.15) is 29.2 Å². The highest BCUT2D eigenvalue weighted by atomic mass is 35.5. The van der Waals surface area contributed by atoms with Gasteiger partial charge in [0.1, 0.15) is 0 Å². The van der Waals surface area contributed by atoms with E-state index in [9.17, 15) is 0 Å². The fraction of sp³-hybridized carbons (Fsp3) is 0.368. The summed E-state index contributed by atoms with van der Waals surface area (Å²) in [5.41, 5.74) is 5.57. The van der Waals surface area contributed by atoms with Gasteiger partial charge in [-0.3, -0.25) is 0 Å². The van der Waals surface area contributed by atoms with E-state index < -0.39 is 0 Å². The molecule has 0 nitrogen and oxygen atoms in total. The summed E-state index contributed by atoms with van der Waals surface area (Å²) >= 11 is 6.18. The first-order valence-corrected chi connectivity index (χ1v) is 7.94. The van der Waals surface area contributed by atoms with Crippen molar-refractivity contribution in [2.24, 2.45) is 5.92 Å². The summed E-state index contributed by atoms with van der Waals surface area (Å²) in [5, 5.41) is 0. The Morgan fingerprint density at radius 3 is 2.15 bits per heavy atom. The first-order chi connectivity index (χ1) is 9.72. The second-order valence-electron chi connectivity index (χ2n) is 5.53. The molecule has 0 aliphatic heterocycles. The van der Waals surface area contributed by atoms with Crippen LogP contribution in [0.2, 0.25) is 0 Å².